The molecule has 2 N–H and O–H groups in total. The summed E-state index contributed by atoms with van der Waals surface area (Å²) in [7, 11) is -1.26. The third-order valence-corrected chi connectivity index (χ3v) is 3.73. The van der Waals surface area contributed by atoms with Gasteiger partial charge in [-0.1, -0.05) is 0 Å². The second kappa shape index (κ2) is 4.87. The van der Waals surface area contributed by atoms with Crippen molar-refractivity contribution < 1.29 is 8.85 Å². The molecule has 1 saturated heterocycles. The van der Waals surface area contributed by atoms with Crippen molar-refractivity contribution in [1.82, 2.24) is 0 Å². The Morgan fingerprint density at radius 1 is 1.64 bits per heavy atom. The highest BCUT2D eigenvalue weighted by Crippen LogP contribution is 2.11. The molecule has 0 aromatic heterocycles. The summed E-state index contributed by atoms with van der Waals surface area (Å²) in [4.78, 5) is 0. The Morgan fingerprint density at radius 3 is 3.00 bits per heavy atom. The molecule has 1 heterocycles. The van der Waals surface area contributed by atoms with Crippen LogP contribution < -0.4 is 5.73 Å². The van der Waals surface area contributed by atoms with Crippen LogP contribution in [-0.4, -0.2) is 28.5 Å². The first kappa shape index (κ1) is 9.19. The maximum Gasteiger partial charge on any atom is 0.321 e. The van der Waals surface area contributed by atoms with Crippen molar-refractivity contribution in [1.29, 1.82) is 0 Å². The minimum absolute atomic E-state index is 0.146. The predicted molar refractivity (Wildman–Crippen MR) is 46.7 cm³/mol. The fourth-order valence-electron chi connectivity index (χ4n) is 1.10. The van der Waals surface area contributed by atoms with E-state index in [4.69, 9.17) is 14.6 Å². The van der Waals surface area contributed by atoms with Gasteiger partial charge in [0.25, 0.3) is 0 Å². The standard InChI is InChI=1S/C7H17NO2Si/c1-7(8)6-10-11-5-3-2-4-9-11/h7,11H,2-6,8H2,1H3. The minimum atomic E-state index is -1.26. The Hall–Kier alpha value is 0.0969. The molecule has 2 unspecified atom stereocenters. The Balaban J connectivity index is 2.05. The van der Waals surface area contributed by atoms with Crippen molar-refractivity contribution in [3.63, 3.8) is 0 Å². The highest BCUT2D eigenvalue weighted by Gasteiger charge is 2.17. The van der Waals surface area contributed by atoms with Gasteiger partial charge in [0.2, 0.25) is 0 Å². The van der Waals surface area contributed by atoms with Crippen LogP contribution in [0.5, 0.6) is 0 Å². The highest BCUT2D eigenvalue weighted by atomic mass is 28.3. The molecule has 2 atom stereocenters. The van der Waals surface area contributed by atoms with Crippen molar-refractivity contribution in [3.05, 3.63) is 0 Å². The first-order chi connectivity index (χ1) is 5.29. The Bertz CT molecular complexity index is 105. The zero-order chi connectivity index (χ0) is 8.10. The summed E-state index contributed by atoms with van der Waals surface area (Å²) in [6, 6.07) is 1.31. The molecule has 3 nitrogen and oxygen atoms in total. The first-order valence-electron chi connectivity index (χ1n) is 4.28. The van der Waals surface area contributed by atoms with E-state index in [1.54, 1.807) is 0 Å². The molecule has 1 aliphatic rings. The lowest BCUT2D eigenvalue weighted by Crippen LogP contribution is -2.32. The normalized spacial score (nSPS) is 28.4. The van der Waals surface area contributed by atoms with E-state index in [1.165, 1.54) is 12.8 Å². The number of rotatable bonds is 3. The number of hydrogen-bond acceptors (Lipinski definition) is 3. The molecular weight excluding hydrogens is 158 g/mol. The van der Waals surface area contributed by atoms with Crippen LogP contribution in [0.25, 0.3) is 0 Å². The highest BCUT2D eigenvalue weighted by molar-refractivity contribution is 6.44. The third-order valence-electron chi connectivity index (χ3n) is 1.68. The molecule has 0 aliphatic carbocycles. The van der Waals surface area contributed by atoms with Crippen LogP contribution >= 0.6 is 0 Å². The van der Waals surface area contributed by atoms with Gasteiger partial charge in [-0.3, -0.25) is 0 Å². The van der Waals surface area contributed by atoms with Gasteiger partial charge in [-0.15, -0.1) is 0 Å². The lowest BCUT2D eigenvalue weighted by Gasteiger charge is -2.21. The molecule has 0 radical (unpaired) electrons. The quantitative estimate of drug-likeness (QED) is 0.631. The molecule has 1 aliphatic heterocycles. The van der Waals surface area contributed by atoms with Crippen LogP contribution in [0.1, 0.15) is 19.8 Å². The second-order valence-corrected chi connectivity index (χ2v) is 5.21. The van der Waals surface area contributed by atoms with E-state index in [2.05, 4.69) is 0 Å². The summed E-state index contributed by atoms with van der Waals surface area (Å²) in [5.41, 5.74) is 5.55. The summed E-state index contributed by atoms with van der Waals surface area (Å²) in [5.74, 6) is 0. The predicted octanol–water partition coefficient (Wildman–Crippen LogP) is 0.381. The smallest absolute Gasteiger partial charge is 0.321 e. The van der Waals surface area contributed by atoms with Crippen molar-refractivity contribution in [2.24, 2.45) is 5.73 Å². The van der Waals surface area contributed by atoms with Crippen LogP contribution in [0.15, 0.2) is 0 Å². The summed E-state index contributed by atoms with van der Waals surface area (Å²) < 4.78 is 11.0. The van der Waals surface area contributed by atoms with Crippen molar-refractivity contribution in [2.45, 2.75) is 31.9 Å². The molecule has 0 bridgehead atoms. The lowest BCUT2D eigenvalue weighted by atomic mass is 10.4. The van der Waals surface area contributed by atoms with Gasteiger partial charge in [0.05, 0.1) is 6.61 Å². The average Bonchev–Trinajstić information content (AvgIpc) is 2.03. The van der Waals surface area contributed by atoms with Crippen LogP contribution in [0.4, 0.5) is 0 Å². The van der Waals surface area contributed by atoms with Crippen LogP contribution in [-0.2, 0) is 8.85 Å². The third kappa shape index (κ3) is 3.86. The maximum atomic E-state index is 5.55. The van der Waals surface area contributed by atoms with Gasteiger partial charge in [0, 0.05) is 12.6 Å². The van der Waals surface area contributed by atoms with Crippen molar-refractivity contribution in [3.8, 4) is 0 Å². The van der Waals surface area contributed by atoms with E-state index >= 15 is 0 Å². The van der Waals surface area contributed by atoms with Crippen LogP contribution in [0, 0.1) is 0 Å². The van der Waals surface area contributed by atoms with Crippen LogP contribution in [0.2, 0.25) is 6.04 Å². The number of nitrogens with two attached hydrogens (primary N) is 1. The van der Waals surface area contributed by atoms with Crippen molar-refractivity contribution in [2.75, 3.05) is 13.2 Å². The summed E-state index contributed by atoms with van der Waals surface area (Å²) >= 11 is 0. The van der Waals surface area contributed by atoms with E-state index in [0.717, 1.165) is 12.7 Å². The Kier molecular flexibility index (Phi) is 4.07. The minimum Gasteiger partial charge on any atom is -0.397 e. The average molecular weight is 175 g/mol. The van der Waals surface area contributed by atoms with Gasteiger partial charge >= 0.3 is 9.28 Å². The molecule has 0 saturated carbocycles. The first-order valence-corrected chi connectivity index (χ1v) is 6.04. The molecule has 66 valence electrons. The van der Waals surface area contributed by atoms with E-state index in [0.29, 0.717) is 6.61 Å². The molecular formula is C7H17NO2Si. The monoisotopic (exact) mass is 175 g/mol. The summed E-state index contributed by atoms with van der Waals surface area (Å²) in [6.07, 6.45) is 2.47. The number of hydrogen-bond donors (Lipinski definition) is 1. The SMILES string of the molecule is CC(N)CO[SiH]1CCCCO1. The summed E-state index contributed by atoms with van der Waals surface area (Å²) in [5, 5.41) is 0. The molecule has 0 aromatic rings. The van der Waals surface area contributed by atoms with E-state index in [-0.39, 0.29) is 6.04 Å². The lowest BCUT2D eigenvalue weighted by molar-refractivity contribution is 0.171. The molecule has 0 spiro atoms. The van der Waals surface area contributed by atoms with Gasteiger partial charge in [-0.25, -0.2) is 0 Å². The van der Waals surface area contributed by atoms with Gasteiger partial charge in [0.1, 0.15) is 0 Å². The Morgan fingerprint density at radius 2 is 2.45 bits per heavy atom. The van der Waals surface area contributed by atoms with Crippen molar-refractivity contribution >= 4 is 9.28 Å². The van der Waals surface area contributed by atoms with Gasteiger partial charge < -0.3 is 14.6 Å². The topological polar surface area (TPSA) is 44.5 Å². The van der Waals surface area contributed by atoms with E-state index in [9.17, 15) is 0 Å². The van der Waals surface area contributed by atoms with E-state index in [1.807, 2.05) is 6.92 Å². The molecule has 0 aromatic carbocycles. The Labute approximate surface area is 69.7 Å². The van der Waals surface area contributed by atoms with Gasteiger partial charge in [-0.2, -0.15) is 0 Å². The zero-order valence-electron chi connectivity index (χ0n) is 7.08. The second-order valence-electron chi connectivity index (χ2n) is 3.11. The molecule has 1 fully saturated rings. The van der Waals surface area contributed by atoms with E-state index < -0.39 is 9.28 Å². The maximum absolute atomic E-state index is 5.55. The molecule has 0 amide bonds. The zero-order valence-corrected chi connectivity index (χ0v) is 8.24. The molecule has 1 rings (SSSR count). The van der Waals surface area contributed by atoms with Gasteiger partial charge in [0.15, 0.2) is 0 Å². The fourth-order valence-corrected chi connectivity index (χ4v) is 3.10. The summed E-state index contributed by atoms with van der Waals surface area (Å²) in [6.45, 7) is 3.52. The van der Waals surface area contributed by atoms with Crippen LogP contribution in [0.3, 0.4) is 0 Å². The molecule has 11 heavy (non-hydrogen) atoms. The largest absolute Gasteiger partial charge is 0.397 e. The van der Waals surface area contributed by atoms with Gasteiger partial charge in [-0.05, 0) is 25.8 Å². The fraction of sp³-hybridized carbons (Fsp3) is 1.00. The molecule has 4 heteroatoms.